The Morgan fingerprint density at radius 3 is 2.71 bits per heavy atom. The molecule has 0 amide bonds. The lowest BCUT2D eigenvalue weighted by Gasteiger charge is -2.13. The number of aromatic nitrogens is 2. The number of halogens is 1. The van der Waals surface area contributed by atoms with Crippen LogP contribution in [0.3, 0.4) is 0 Å². The Kier molecular flexibility index (Phi) is 4.93. The molecule has 0 saturated heterocycles. The van der Waals surface area contributed by atoms with Gasteiger partial charge >= 0.3 is 0 Å². The Hall–Kier alpha value is -0.630. The third-order valence-electron chi connectivity index (χ3n) is 2.24. The molecular formula is C9H16ClN3O3S. The molecule has 8 heteroatoms. The molecule has 0 aromatic carbocycles. The number of sulfonamides is 1. The SMILES string of the molecule is COCC(CCl)NS(=O)(=O)c1cn(C)c(C)n1. The summed E-state index contributed by atoms with van der Waals surface area (Å²) < 4.78 is 32.8. The van der Waals surface area contributed by atoms with Gasteiger partial charge in [0, 0.05) is 26.2 Å². The van der Waals surface area contributed by atoms with Crippen LogP contribution in [0.1, 0.15) is 5.82 Å². The fourth-order valence-corrected chi connectivity index (χ4v) is 2.76. The van der Waals surface area contributed by atoms with Crippen LogP contribution in [-0.4, -0.2) is 43.6 Å². The van der Waals surface area contributed by atoms with Crippen LogP contribution in [0.4, 0.5) is 0 Å². The van der Waals surface area contributed by atoms with Crippen LogP contribution in [0.2, 0.25) is 0 Å². The van der Waals surface area contributed by atoms with Gasteiger partial charge in [-0.25, -0.2) is 18.1 Å². The van der Waals surface area contributed by atoms with Gasteiger partial charge in [-0.05, 0) is 6.92 Å². The van der Waals surface area contributed by atoms with Crippen LogP contribution < -0.4 is 4.72 Å². The molecule has 1 aromatic rings. The van der Waals surface area contributed by atoms with Crippen molar-refractivity contribution < 1.29 is 13.2 Å². The molecule has 1 atom stereocenters. The maximum atomic E-state index is 11.9. The highest BCUT2D eigenvalue weighted by molar-refractivity contribution is 7.89. The number of aryl methyl sites for hydroxylation is 2. The summed E-state index contributed by atoms with van der Waals surface area (Å²) in [5.41, 5.74) is 0. The van der Waals surface area contributed by atoms with Crippen LogP contribution in [-0.2, 0) is 21.8 Å². The van der Waals surface area contributed by atoms with E-state index in [0.29, 0.717) is 5.82 Å². The molecule has 0 saturated carbocycles. The average molecular weight is 282 g/mol. The van der Waals surface area contributed by atoms with E-state index in [2.05, 4.69) is 9.71 Å². The fraction of sp³-hybridized carbons (Fsp3) is 0.667. The minimum absolute atomic E-state index is 0.0104. The lowest BCUT2D eigenvalue weighted by Crippen LogP contribution is -2.39. The second kappa shape index (κ2) is 5.81. The van der Waals surface area contributed by atoms with E-state index in [1.165, 1.54) is 13.3 Å². The highest BCUT2D eigenvalue weighted by Gasteiger charge is 2.22. The number of nitrogens with one attached hydrogen (secondary N) is 1. The zero-order valence-corrected chi connectivity index (χ0v) is 11.5. The zero-order valence-electron chi connectivity index (χ0n) is 9.97. The largest absolute Gasteiger partial charge is 0.383 e. The van der Waals surface area contributed by atoms with Crippen molar-refractivity contribution in [3.05, 3.63) is 12.0 Å². The summed E-state index contributed by atoms with van der Waals surface area (Å²) in [6.45, 7) is 1.95. The zero-order chi connectivity index (χ0) is 13.1. The first-order valence-electron chi connectivity index (χ1n) is 4.98. The topological polar surface area (TPSA) is 73.2 Å². The average Bonchev–Trinajstić information content (AvgIpc) is 2.59. The lowest BCUT2D eigenvalue weighted by atomic mass is 10.4. The molecule has 17 heavy (non-hydrogen) atoms. The van der Waals surface area contributed by atoms with Crippen LogP contribution in [0, 0.1) is 6.92 Å². The van der Waals surface area contributed by atoms with Crippen molar-refractivity contribution >= 4 is 21.6 Å². The van der Waals surface area contributed by atoms with Crippen molar-refractivity contribution in [3.63, 3.8) is 0 Å². The normalized spacial score (nSPS) is 13.9. The van der Waals surface area contributed by atoms with Crippen LogP contribution >= 0.6 is 11.6 Å². The maximum absolute atomic E-state index is 11.9. The molecule has 1 aromatic heterocycles. The molecule has 0 aliphatic carbocycles. The van der Waals surface area contributed by atoms with Crippen molar-refractivity contribution in [1.29, 1.82) is 0 Å². The van der Waals surface area contributed by atoms with Crippen molar-refractivity contribution in [2.45, 2.75) is 18.0 Å². The van der Waals surface area contributed by atoms with Gasteiger partial charge in [0.2, 0.25) is 0 Å². The first-order valence-corrected chi connectivity index (χ1v) is 6.99. The summed E-state index contributed by atoms with van der Waals surface area (Å²) in [5.74, 6) is 0.762. The van der Waals surface area contributed by atoms with Crippen molar-refractivity contribution in [1.82, 2.24) is 14.3 Å². The number of ether oxygens (including phenoxy) is 1. The summed E-state index contributed by atoms with van der Waals surface area (Å²) in [6, 6.07) is -0.464. The molecular weight excluding hydrogens is 266 g/mol. The van der Waals surface area contributed by atoms with Gasteiger partial charge in [0.1, 0.15) is 5.82 Å². The summed E-state index contributed by atoms with van der Waals surface area (Å²) in [4.78, 5) is 3.96. The number of rotatable bonds is 6. The van der Waals surface area contributed by atoms with Gasteiger partial charge in [-0.2, -0.15) is 0 Å². The van der Waals surface area contributed by atoms with Crippen molar-refractivity contribution in [2.75, 3.05) is 19.6 Å². The Labute approximate surface area is 106 Å². The third-order valence-corrected chi connectivity index (χ3v) is 4.00. The number of methoxy groups -OCH3 is 1. The quantitative estimate of drug-likeness (QED) is 0.759. The first-order chi connectivity index (χ1) is 7.90. The molecule has 98 valence electrons. The Balaban J connectivity index is 2.88. The van der Waals surface area contributed by atoms with Gasteiger partial charge in [0.25, 0.3) is 10.0 Å². The van der Waals surface area contributed by atoms with E-state index in [-0.39, 0.29) is 17.5 Å². The monoisotopic (exact) mass is 281 g/mol. The molecule has 1 unspecified atom stereocenters. The summed E-state index contributed by atoms with van der Waals surface area (Å²) in [6.07, 6.45) is 1.45. The number of nitrogens with zero attached hydrogens (tertiary/aromatic N) is 2. The van der Waals surface area contributed by atoms with E-state index in [1.807, 2.05) is 0 Å². The summed E-state index contributed by atoms with van der Waals surface area (Å²) >= 11 is 5.64. The lowest BCUT2D eigenvalue weighted by molar-refractivity contribution is 0.181. The van der Waals surface area contributed by atoms with Gasteiger partial charge < -0.3 is 9.30 Å². The molecule has 0 bridgehead atoms. The standard InChI is InChI=1S/C9H16ClN3O3S/c1-7-11-9(5-13(7)2)17(14,15)12-8(4-10)6-16-3/h5,8,12H,4,6H2,1-3H3. The van der Waals surface area contributed by atoms with Gasteiger partial charge in [-0.15, -0.1) is 11.6 Å². The number of imidazole rings is 1. The van der Waals surface area contributed by atoms with Crippen molar-refractivity contribution in [3.8, 4) is 0 Å². The van der Waals surface area contributed by atoms with E-state index in [9.17, 15) is 8.42 Å². The molecule has 1 heterocycles. The summed E-state index contributed by atoms with van der Waals surface area (Å²) in [7, 11) is -0.425. The Morgan fingerprint density at radius 2 is 2.29 bits per heavy atom. The second-order valence-corrected chi connectivity index (χ2v) is 5.63. The smallest absolute Gasteiger partial charge is 0.259 e. The predicted octanol–water partition coefficient (Wildman–Crippen LogP) is 0.261. The molecule has 1 rings (SSSR count). The van der Waals surface area contributed by atoms with Gasteiger partial charge in [-0.3, -0.25) is 0 Å². The van der Waals surface area contributed by atoms with E-state index >= 15 is 0 Å². The van der Waals surface area contributed by atoms with Crippen LogP contribution in [0.5, 0.6) is 0 Å². The summed E-state index contributed by atoms with van der Waals surface area (Å²) in [5, 5.41) is -0.0104. The highest BCUT2D eigenvalue weighted by Crippen LogP contribution is 2.08. The van der Waals surface area contributed by atoms with Gasteiger partial charge in [0.05, 0.1) is 12.6 Å². The van der Waals surface area contributed by atoms with Gasteiger partial charge in [-0.1, -0.05) is 0 Å². The molecule has 1 N–H and O–H groups in total. The minimum Gasteiger partial charge on any atom is -0.383 e. The van der Waals surface area contributed by atoms with Crippen molar-refractivity contribution in [2.24, 2.45) is 7.05 Å². The number of alkyl halides is 1. The molecule has 0 spiro atoms. The highest BCUT2D eigenvalue weighted by atomic mass is 35.5. The van der Waals surface area contributed by atoms with E-state index in [0.717, 1.165) is 0 Å². The first kappa shape index (κ1) is 14.4. The molecule has 6 nitrogen and oxygen atoms in total. The molecule has 0 aliphatic rings. The second-order valence-electron chi connectivity index (χ2n) is 3.67. The van der Waals surface area contributed by atoms with E-state index < -0.39 is 16.1 Å². The fourth-order valence-electron chi connectivity index (χ4n) is 1.25. The Bertz CT molecular complexity index is 452. The van der Waals surface area contributed by atoms with E-state index in [1.54, 1.807) is 18.5 Å². The number of hydrogen-bond acceptors (Lipinski definition) is 4. The van der Waals surface area contributed by atoms with E-state index in [4.69, 9.17) is 16.3 Å². The molecule has 0 aliphatic heterocycles. The Morgan fingerprint density at radius 1 is 1.65 bits per heavy atom. The molecule has 0 fully saturated rings. The molecule has 0 radical (unpaired) electrons. The maximum Gasteiger partial charge on any atom is 0.259 e. The third kappa shape index (κ3) is 3.67. The van der Waals surface area contributed by atoms with Crippen LogP contribution in [0.15, 0.2) is 11.2 Å². The predicted molar refractivity (Wildman–Crippen MR) is 64.7 cm³/mol. The minimum atomic E-state index is -3.64. The van der Waals surface area contributed by atoms with Crippen LogP contribution in [0.25, 0.3) is 0 Å². The number of hydrogen-bond donors (Lipinski definition) is 1. The van der Waals surface area contributed by atoms with Gasteiger partial charge in [0.15, 0.2) is 5.03 Å².